The zero-order chi connectivity index (χ0) is 10.9. The fraction of sp³-hybridized carbons (Fsp3) is 0.625. The second-order valence-corrected chi connectivity index (χ2v) is 3.92. The molecule has 0 spiro atoms. The highest BCUT2D eigenvalue weighted by Crippen LogP contribution is 2.20. The maximum Gasteiger partial charge on any atom is 0.338 e. The van der Waals surface area contributed by atoms with Crippen LogP contribution in [-0.2, 0) is 5.41 Å². The lowest BCUT2D eigenvalue weighted by atomic mass is 9.90. The Morgan fingerprint density at radius 3 is 2.50 bits per heavy atom. The maximum absolute atomic E-state index is 11.0. The van der Waals surface area contributed by atoms with E-state index < -0.39 is 5.91 Å². The third kappa shape index (κ3) is 1.68. The van der Waals surface area contributed by atoms with Gasteiger partial charge in [0.15, 0.2) is 5.16 Å². The monoisotopic (exact) mass is 200 g/mol. The number of hydrogen-bond donors (Lipinski definition) is 1. The van der Waals surface area contributed by atoms with Crippen LogP contribution < -0.4 is 15.5 Å². The van der Waals surface area contributed by atoms with Crippen molar-refractivity contribution in [3.63, 3.8) is 0 Å². The van der Waals surface area contributed by atoms with Gasteiger partial charge in [-0.3, -0.25) is 4.79 Å². The van der Waals surface area contributed by atoms with Crippen LogP contribution in [0.25, 0.3) is 0 Å². The van der Waals surface area contributed by atoms with E-state index in [1.165, 1.54) is 7.11 Å². The first kappa shape index (κ1) is 10.5. The number of nitrogens with zero attached hydrogens (tertiary/aromatic N) is 2. The molecule has 1 heterocycles. The number of hydrogen-bond acceptors (Lipinski definition) is 4. The molecule has 0 atom stereocenters. The average molecular weight is 200 g/mol. The highest BCUT2D eigenvalue weighted by molar-refractivity contribution is 5.91. The van der Waals surface area contributed by atoms with Crippen LogP contribution >= 0.6 is 0 Å². The quantitative estimate of drug-likeness (QED) is 0.692. The second-order valence-electron chi connectivity index (χ2n) is 3.92. The van der Waals surface area contributed by atoms with Gasteiger partial charge < -0.3 is 10.6 Å². The molecule has 0 aliphatic rings. The van der Waals surface area contributed by atoms with E-state index in [2.05, 4.69) is 5.16 Å². The minimum atomic E-state index is -0.630. The van der Waals surface area contributed by atoms with E-state index in [1.54, 1.807) is 0 Å². The summed E-state index contributed by atoms with van der Waals surface area (Å²) >= 11 is 0. The molecule has 1 amide bonds. The van der Waals surface area contributed by atoms with Crippen LogP contribution in [0.1, 0.15) is 37.0 Å². The van der Waals surface area contributed by atoms with Crippen LogP contribution in [0.3, 0.4) is 0 Å². The number of nitrogens with two attached hydrogens (primary N) is 1. The molecule has 0 aliphatic carbocycles. The minimum absolute atomic E-state index is 0.0966. The molecule has 14 heavy (non-hydrogen) atoms. The molecule has 0 radical (unpaired) electrons. The van der Waals surface area contributed by atoms with Gasteiger partial charge in [-0.05, 0) is 4.63 Å². The van der Waals surface area contributed by atoms with Crippen molar-refractivity contribution in [2.75, 3.05) is 7.11 Å². The van der Waals surface area contributed by atoms with Crippen molar-refractivity contribution in [1.82, 2.24) is 5.16 Å². The van der Waals surface area contributed by atoms with Gasteiger partial charge >= 0.3 is 11.6 Å². The van der Waals surface area contributed by atoms with Crippen LogP contribution in [0.2, 0.25) is 0 Å². The zero-order valence-electron chi connectivity index (χ0n) is 8.70. The molecule has 0 unspecified atom stereocenters. The van der Waals surface area contributed by atoms with E-state index in [1.807, 2.05) is 20.8 Å². The summed E-state index contributed by atoms with van der Waals surface area (Å²) in [5.41, 5.74) is 5.43. The average Bonchev–Trinajstić information content (AvgIpc) is 2.45. The van der Waals surface area contributed by atoms with Crippen LogP contribution in [0.4, 0.5) is 0 Å². The summed E-state index contributed by atoms with van der Waals surface area (Å²) < 4.78 is 4.78. The molecule has 6 heteroatoms. The summed E-state index contributed by atoms with van der Waals surface area (Å²) in [7, 11) is 1.42. The molecular weight excluding hydrogens is 186 g/mol. The van der Waals surface area contributed by atoms with Crippen LogP contribution in [0, 0.1) is 0 Å². The molecule has 1 aromatic rings. The fourth-order valence-electron chi connectivity index (χ4n) is 1.16. The normalized spacial score (nSPS) is 11.4. The maximum atomic E-state index is 11.0. The van der Waals surface area contributed by atoms with E-state index >= 15 is 0 Å². The van der Waals surface area contributed by atoms with Crippen molar-refractivity contribution in [1.29, 1.82) is 0 Å². The zero-order valence-corrected chi connectivity index (χ0v) is 8.70. The third-order valence-electron chi connectivity index (χ3n) is 1.72. The molecule has 78 valence electrons. The summed E-state index contributed by atoms with van der Waals surface area (Å²) in [6, 6.07) is 0. The van der Waals surface area contributed by atoms with Gasteiger partial charge in [-0.15, -0.1) is 0 Å². The molecule has 2 N–H and O–H groups in total. The van der Waals surface area contributed by atoms with Crippen LogP contribution in [0.15, 0.2) is 4.63 Å². The molecule has 0 aliphatic heterocycles. The van der Waals surface area contributed by atoms with E-state index in [4.69, 9.17) is 15.2 Å². The number of carbonyl (C=O) groups excluding carboxylic acids is 1. The van der Waals surface area contributed by atoms with Gasteiger partial charge in [-0.2, -0.15) is 0 Å². The van der Waals surface area contributed by atoms with E-state index in [-0.39, 0.29) is 11.1 Å². The van der Waals surface area contributed by atoms with Crippen molar-refractivity contribution in [3.8, 4) is 0 Å². The van der Waals surface area contributed by atoms with Crippen molar-refractivity contribution in [2.24, 2.45) is 5.73 Å². The molecule has 1 rings (SSSR count). The van der Waals surface area contributed by atoms with Gasteiger partial charge in [0.1, 0.15) is 12.0 Å². The van der Waals surface area contributed by atoms with Crippen molar-refractivity contribution in [3.05, 3.63) is 11.4 Å². The Kier molecular flexibility index (Phi) is 2.46. The van der Waals surface area contributed by atoms with Crippen molar-refractivity contribution < 1.29 is 19.2 Å². The van der Waals surface area contributed by atoms with Crippen LogP contribution in [-0.4, -0.2) is 18.2 Å². The van der Waals surface area contributed by atoms with E-state index in [0.29, 0.717) is 5.69 Å². The van der Waals surface area contributed by atoms with Gasteiger partial charge in [-0.25, -0.2) is 0 Å². The molecule has 6 nitrogen and oxygen atoms in total. The number of rotatable bonds is 2. The van der Waals surface area contributed by atoms with E-state index in [0.717, 1.165) is 4.90 Å². The third-order valence-corrected chi connectivity index (χ3v) is 1.72. The predicted octanol–water partition coefficient (Wildman–Crippen LogP) is -0.583. The summed E-state index contributed by atoms with van der Waals surface area (Å²) in [4.78, 5) is 17.0. The second kappa shape index (κ2) is 3.28. The first-order chi connectivity index (χ1) is 6.38. The SMILES string of the molecule is CO[n+]1onc(C(N)=O)c1C(C)(C)C. The highest BCUT2D eigenvalue weighted by Gasteiger charge is 2.38. The van der Waals surface area contributed by atoms with Crippen LogP contribution in [0.5, 0.6) is 0 Å². The summed E-state index contributed by atoms with van der Waals surface area (Å²) in [5.74, 6) is -0.630. The predicted molar refractivity (Wildman–Crippen MR) is 46.4 cm³/mol. The fourth-order valence-corrected chi connectivity index (χ4v) is 1.16. The van der Waals surface area contributed by atoms with E-state index in [9.17, 15) is 4.79 Å². The molecule has 1 aromatic heterocycles. The number of amides is 1. The summed E-state index contributed by atoms with van der Waals surface area (Å²) in [6.45, 7) is 5.71. The number of carbonyl (C=O) groups is 1. The summed E-state index contributed by atoms with van der Waals surface area (Å²) in [5, 5.41) is 3.54. The molecule has 0 saturated carbocycles. The number of aromatic nitrogens is 2. The Bertz CT molecular complexity index is 351. The highest BCUT2D eigenvalue weighted by atomic mass is 16.8. The van der Waals surface area contributed by atoms with Gasteiger partial charge in [0.25, 0.3) is 5.69 Å². The van der Waals surface area contributed by atoms with Gasteiger partial charge in [0.2, 0.25) is 0 Å². The topological polar surface area (TPSA) is 82.2 Å². The standard InChI is InChI=1S/C8H13N3O3/c1-8(2,3)6-5(7(9)12)10-14-11(6)13-4/h1-4H3,(H-,9,12)/p+1. The van der Waals surface area contributed by atoms with Crippen molar-refractivity contribution in [2.45, 2.75) is 26.2 Å². The number of primary amides is 1. The Hall–Kier alpha value is -1.59. The smallest absolute Gasteiger partial charge is 0.338 e. The molecule has 0 aromatic carbocycles. The Morgan fingerprint density at radius 1 is 1.57 bits per heavy atom. The lowest BCUT2D eigenvalue weighted by molar-refractivity contribution is -1.03. The molecule has 0 saturated heterocycles. The Balaban J connectivity index is 3.34. The summed E-state index contributed by atoms with van der Waals surface area (Å²) in [6.07, 6.45) is 0. The Morgan fingerprint density at radius 2 is 2.14 bits per heavy atom. The molecule has 0 bridgehead atoms. The van der Waals surface area contributed by atoms with Gasteiger partial charge in [0, 0.05) is 5.41 Å². The lowest BCUT2D eigenvalue weighted by Gasteiger charge is -2.11. The van der Waals surface area contributed by atoms with Gasteiger partial charge in [-0.1, -0.05) is 20.8 Å². The first-order valence-electron chi connectivity index (χ1n) is 4.15. The largest absolute Gasteiger partial charge is 0.362 e. The molecule has 0 fully saturated rings. The lowest BCUT2D eigenvalue weighted by Crippen LogP contribution is -2.47. The van der Waals surface area contributed by atoms with Gasteiger partial charge in [0.05, 0.1) is 0 Å². The molecular formula is C8H14N3O3+. The van der Waals surface area contributed by atoms with Crippen molar-refractivity contribution >= 4 is 5.91 Å². The minimum Gasteiger partial charge on any atom is -0.362 e. The first-order valence-corrected chi connectivity index (χ1v) is 4.15. The Labute approximate surface area is 81.5 Å².